The van der Waals surface area contributed by atoms with Crippen LogP contribution in [0, 0.1) is 0 Å². The van der Waals surface area contributed by atoms with E-state index in [4.69, 9.17) is 26.1 Å². The molecule has 1 saturated heterocycles. The van der Waals surface area contributed by atoms with Gasteiger partial charge >= 0.3 is 5.97 Å². The first-order valence-corrected chi connectivity index (χ1v) is 6.98. The second-order valence-corrected chi connectivity index (χ2v) is 5.14. The Balaban J connectivity index is 2.03. The van der Waals surface area contributed by atoms with Gasteiger partial charge in [-0.1, -0.05) is 0 Å². The number of thiocarbonyl (C=S) groups is 1. The Morgan fingerprint density at radius 2 is 2.17 bits per heavy atom. The van der Waals surface area contributed by atoms with E-state index in [2.05, 4.69) is 10.6 Å². The largest absolute Gasteiger partial charge is 0.464 e. The summed E-state index contributed by atoms with van der Waals surface area (Å²) in [6, 6.07) is 3.26. The van der Waals surface area contributed by atoms with Crippen molar-refractivity contribution in [2.24, 2.45) is 0 Å². The van der Waals surface area contributed by atoms with Crippen molar-refractivity contribution < 1.29 is 23.5 Å². The van der Waals surface area contributed by atoms with Crippen LogP contribution in [0.4, 0.5) is 0 Å². The molecule has 1 aliphatic heterocycles. The first-order chi connectivity index (χ1) is 11.0. The zero-order chi connectivity index (χ0) is 16.6. The van der Waals surface area contributed by atoms with Gasteiger partial charge in [-0.25, -0.2) is 4.79 Å². The van der Waals surface area contributed by atoms with Crippen molar-refractivity contribution in [3.8, 4) is 0 Å². The first kappa shape index (κ1) is 15.3. The molecule has 9 heteroatoms. The van der Waals surface area contributed by atoms with Crippen molar-refractivity contribution >= 4 is 46.4 Å². The zero-order valence-electron chi connectivity index (χ0n) is 12.3. The van der Waals surface area contributed by atoms with Gasteiger partial charge in [-0.3, -0.25) is 10.1 Å². The summed E-state index contributed by atoms with van der Waals surface area (Å²) in [6.07, 6.45) is 1.53. The smallest absolute Gasteiger partial charge is 0.354 e. The van der Waals surface area contributed by atoms with E-state index < -0.39 is 5.97 Å². The van der Waals surface area contributed by atoms with Crippen LogP contribution in [0.15, 0.2) is 22.2 Å². The van der Waals surface area contributed by atoms with Crippen LogP contribution >= 0.6 is 12.2 Å². The Labute approximate surface area is 136 Å². The molecule has 1 aliphatic rings. The highest BCUT2D eigenvalue weighted by Crippen LogP contribution is 2.26. The summed E-state index contributed by atoms with van der Waals surface area (Å²) in [5, 5.41) is 5.44. The lowest BCUT2D eigenvalue weighted by Gasteiger charge is -2.06. The number of fused-ring (bicyclic) bond motifs is 1. The molecule has 0 aromatic carbocycles. The van der Waals surface area contributed by atoms with E-state index in [1.165, 1.54) is 20.3 Å². The molecule has 2 aromatic heterocycles. The summed E-state index contributed by atoms with van der Waals surface area (Å²) < 4.78 is 17.1. The number of hydrogen-bond donors (Lipinski definition) is 2. The molecule has 0 saturated carbocycles. The molecular formula is C14H13N3O5S. The van der Waals surface area contributed by atoms with Crippen molar-refractivity contribution in [2.75, 3.05) is 14.2 Å². The number of rotatable bonds is 4. The minimum absolute atomic E-state index is 0.159. The molecule has 0 spiro atoms. The van der Waals surface area contributed by atoms with E-state index >= 15 is 0 Å². The molecule has 120 valence electrons. The predicted molar refractivity (Wildman–Crippen MR) is 84.4 cm³/mol. The number of nitrogens with one attached hydrogen (secondary N) is 2. The molecule has 0 radical (unpaired) electrons. The van der Waals surface area contributed by atoms with Gasteiger partial charge in [0.05, 0.1) is 12.6 Å². The van der Waals surface area contributed by atoms with Gasteiger partial charge in [0.25, 0.3) is 5.91 Å². The number of methoxy groups -OCH3 is 2. The molecule has 2 aromatic rings. The standard InChI is InChI=1S/C14H13N3O5S/c1-20-6-17-9-4-7(3-8-12(18)16-14(23)15-8)22-11(9)5-10(17)13(19)21-2/h3-5H,6H2,1-2H3,(H2,15,16,18,23)/b8-3+. The number of furan rings is 1. The molecule has 23 heavy (non-hydrogen) atoms. The van der Waals surface area contributed by atoms with Crippen LogP contribution in [0.1, 0.15) is 16.2 Å². The Hall–Kier alpha value is -2.65. The van der Waals surface area contributed by atoms with Gasteiger partial charge in [-0.05, 0) is 12.2 Å². The average molecular weight is 335 g/mol. The lowest BCUT2D eigenvalue weighted by Crippen LogP contribution is -2.21. The van der Waals surface area contributed by atoms with E-state index in [1.807, 2.05) is 0 Å². The highest BCUT2D eigenvalue weighted by atomic mass is 32.1. The Morgan fingerprint density at radius 3 is 2.78 bits per heavy atom. The van der Waals surface area contributed by atoms with E-state index in [9.17, 15) is 9.59 Å². The molecule has 0 atom stereocenters. The summed E-state index contributed by atoms with van der Waals surface area (Å²) >= 11 is 4.86. The van der Waals surface area contributed by atoms with Gasteiger partial charge in [-0.2, -0.15) is 0 Å². The number of nitrogens with zero attached hydrogens (tertiary/aromatic N) is 1. The molecule has 0 bridgehead atoms. The fourth-order valence-electron chi connectivity index (χ4n) is 2.30. The van der Waals surface area contributed by atoms with Crippen LogP contribution < -0.4 is 10.6 Å². The van der Waals surface area contributed by atoms with Gasteiger partial charge in [0, 0.05) is 25.3 Å². The molecule has 1 fully saturated rings. The van der Waals surface area contributed by atoms with E-state index in [0.717, 1.165) is 0 Å². The maximum Gasteiger partial charge on any atom is 0.354 e. The summed E-state index contributed by atoms with van der Waals surface area (Å²) in [6.45, 7) is 0.159. The minimum Gasteiger partial charge on any atom is -0.464 e. The summed E-state index contributed by atoms with van der Waals surface area (Å²) in [7, 11) is 2.82. The Morgan fingerprint density at radius 1 is 1.39 bits per heavy atom. The van der Waals surface area contributed by atoms with Gasteiger partial charge in [-0.15, -0.1) is 0 Å². The molecule has 0 unspecified atom stereocenters. The van der Waals surface area contributed by atoms with Gasteiger partial charge in [0.1, 0.15) is 23.9 Å². The maximum atomic E-state index is 11.8. The van der Waals surface area contributed by atoms with E-state index in [-0.39, 0.29) is 23.4 Å². The third-order valence-electron chi connectivity index (χ3n) is 3.27. The third-order valence-corrected chi connectivity index (χ3v) is 3.47. The van der Waals surface area contributed by atoms with E-state index in [0.29, 0.717) is 22.6 Å². The summed E-state index contributed by atoms with van der Waals surface area (Å²) in [5.74, 6) is -0.375. The number of esters is 1. The van der Waals surface area contributed by atoms with Crippen molar-refractivity contribution in [3.63, 3.8) is 0 Å². The maximum absolute atomic E-state index is 11.8. The van der Waals surface area contributed by atoms with Crippen molar-refractivity contribution in [1.29, 1.82) is 0 Å². The molecular weight excluding hydrogens is 322 g/mol. The second kappa shape index (κ2) is 5.86. The number of hydrogen-bond acceptors (Lipinski definition) is 6. The minimum atomic E-state index is -0.490. The number of aromatic nitrogens is 1. The number of carbonyl (C=O) groups is 2. The topological polar surface area (TPSA) is 94.7 Å². The number of ether oxygens (including phenoxy) is 2. The SMILES string of the molecule is COCn1c(C(=O)OC)cc2oc(/C=C3/NC(=S)NC3=O)cc21. The molecule has 2 N–H and O–H groups in total. The lowest BCUT2D eigenvalue weighted by atomic mass is 10.3. The van der Waals surface area contributed by atoms with Gasteiger partial charge < -0.3 is 23.8 Å². The normalized spacial score (nSPS) is 16.0. The van der Waals surface area contributed by atoms with Crippen molar-refractivity contribution in [2.45, 2.75) is 6.73 Å². The van der Waals surface area contributed by atoms with Crippen LogP contribution in [0.5, 0.6) is 0 Å². The number of amides is 1. The molecule has 3 rings (SSSR count). The van der Waals surface area contributed by atoms with Crippen LogP contribution in [-0.4, -0.2) is 35.8 Å². The second-order valence-electron chi connectivity index (χ2n) is 4.73. The first-order valence-electron chi connectivity index (χ1n) is 6.58. The zero-order valence-corrected chi connectivity index (χ0v) is 13.2. The Kier molecular flexibility index (Phi) is 3.89. The average Bonchev–Trinajstić information content (AvgIpc) is 3.14. The fraction of sp³-hybridized carbons (Fsp3) is 0.214. The van der Waals surface area contributed by atoms with Crippen LogP contribution in [0.25, 0.3) is 17.2 Å². The highest BCUT2D eigenvalue weighted by Gasteiger charge is 2.22. The Bertz CT molecular complexity index is 848. The van der Waals surface area contributed by atoms with Gasteiger partial charge in [0.15, 0.2) is 10.7 Å². The third kappa shape index (κ3) is 2.71. The fourth-order valence-corrected chi connectivity index (χ4v) is 2.50. The molecule has 1 amide bonds. The van der Waals surface area contributed by atoms with Crippen molar-refractivity contribution in [3.05, 3.63) is 29.3 Å². The van der Waals surface area contributed by atoms with Crippen molar-refractivity contribution in [1.82, 2.24) is 15.2 Å². The molecule has 8 nitrogen and oxygen atoms in total. The van der Waals surface area contributed by atoms with Crippen LogP contribution in [-0.2, 0) is 21.0 Å². The van der Waals surface area contributed by atoms with Gasteiger partial charge in [0.2, 0.25) is 0 Å². The quantitative estimate of drug-likeness (QED) is 0.488. The van der Waals surface area contributed by atoms with Crippen LogP contribution in [0.2, 0.25) is 0 Å². The number of carbonyl (C=O) groups excluding carboxylic acids is 2. The predicted octanol–water partition coefficient (Wildman–Crippen LogP) is 0.970. The lowest BCUT2D eigenvalue weighted by molar-refractivity contribution is -0.115. The summed E-state index contributed by atoms with van der Waals surface area (Å²) in [4.78, 5) is 23.4. The monoisotopic (exact) mass is 335 g/mol. The molecule has 3 heterocycles. The van der Waals surface area contributed by atoms with Crippen LogP contribution in [0.3, 0.4) is 0 Å². The molecule has 0 aliphatic carbocycles. The van der Waals surface area contributed by atoms with E-state index in [1.54, 1.807) is 16.7 Å². The highest BCUT2D eigenvalue weighted by molar-refractivity contribution is 7.80. The summed E-state index contributed by atoms with van der Waals surface area (Å²) in [5.41, 5.74) is 1.74.